The second kappa shape index (κ2) is 8.00. The number of rotatable bonds is 6. The van der Waals surface area contributed by atoms with Crippen LogP contribution < -0.4 is 10.5 Å². The van der Waals surface area contributed by atoms with Gasteiger partial charge >= 0.3 is 0 Å². The first-order valence-electron chi connectivity index (χ1n) is 8.29. The third-order valence-corrected chi connectivity index (χ3v) is 7.14. The fraction of sp³-hybridized carbons (Fsp3) is 0.278. The molecule has 1 amide bonds. The Balaban J connectivity index is 2.16. The Morgan fingerprint density at radius 2 is 1.50 bits per heavy atom. The average Bonchev–Trinajstić information content (AvgIpc) is 2.52. The summed E-state index contributed by atoms with van der Waals surface area (Å²) in [6.45, 7) is 4.92. The minimum Gasteiger partial charge on any atom is -0.325 e. The highest BCUT2D eigenvalue weighted by Gasteiger charge is 2.26. The van der Waals surface area contributed by atoms with Crippen molar-refractivity contribution in [3.63, 3.8) is 0 Å². The van der Waals surface area contributed by atoms with Gasteiger partial charge in [0.25, 0.3) is 0 Å². The molecule has 0 saturated carbocycles. The van der Waals surface area contributed by atoms with Crippen LogP contribution in [0.1, 0.15) is 16.7 Å². The standard InChI is InChI=1S/C18H23N3O5S2/c1-12-9-13(2)18(14(3)10-12)28(25,26)21(4)11-17(22)20-15-5-7-16(8-6-15)27(19,23)24/h5-10H,11H2,1-4H3,(H,20,22)(H2,19,23,24). The van der Waals surface area contributed by atoms with Crippen LogP contribution in [0.15, 0.2) is 46.2 Å². The van der Waals surface area contributed by atoms with Crippen molar-refractivity contribution < 1.29 is 21.6 Å². The molecule has 0 fully saturated rings. The highest BCUT2D eigenvalue weighted by Crippen LogP contribution is 2.24. The zero-order chi connectivity index (χ0) is 21.3. The van der Waals surface area contributed by atoms with Crippen LogP contribution >= 0.6 is 0 Å². The van der Waals surface area contributed by atoms with Crippen LogP contribution in [0.2, 0.25) is 0 Å². The number of nitrogens with one attached hydrogen (secondary N) is 1. The zero-order valence-corrected chi connectivity index (χ0v) is 17.7. The summed E-state index contributed by atoms with van der Waals surface area (Å²) in [5, 5.41) is 7.56. The third-order valence-electron chi connectivity index (χ3n) is 4.11. The number of hydrogen-bond acceptors (Lipinski definition) is 5. The van der Waals surface area contributed by atoms with E-state index in [9.17, 15) is 21.6 Å². The van der Waals surface area contributed by atoms with Gasteiger partial charge in [-0.1, -0.05) is 17.7 Å². The topological polar surface area (TPSA) is 127 Å². The lowest BCUT2D eigenvalue weighted by atomic mass is 10.1. The number of primary sulfonamides is 1. The van der Waals surface area contributed by atoms with Gasteiger partial charge in [0.2, 0.25) is 26.0 Å². The predicted octanol–water partition coefficient (Wildman–Crippen LogP) is 1.52. The quantitative estimate of drug-likeness (QED) is 0.725. The number of aryl methyl sites for hydroxylation is 3. The van der Waals surface area contributed by atoms with Crippen molar-refractivity contribution in [1.82, 2.24) is 4.31 Å². The number of carbonyl (C=O) groups is 1. The van der Waals surface area contributed by atoms with E-state index in [0.717, 1.165) is 9.87 Å². The largest absolute Gasteiger partial charge is 0.325 e. The van der Waals surface area contributed by atoms with E-state index in [2.05, 4.69) is 5.32 Å². The van der Waals surface area contributed by atoms with Crippen LogP contribution in [0, 0.1) is 20.8 Å². The monoisotopic (exact) mass is 425 g/mol. The molecule has 0 aliphatic heterocycles. The number of benzene rings is 2. The van der Waals surface area contributed by atoms with Crippen LogP contribution in [-0.2, 0) is 24.8 Å². The summed E-state index contributed by atoms with van der Waals surface area (Å²) >= 11 is 0. The highest BCUT2D eigenvalue weighted by molar-refractivity contribution is 7.89. The zero-order valence-electron chi connectivity index (χ0n) is 16.1. The average molecular weight is 426 g/mol. The molecule has 0 radical (unpaired) electrons. The second-order valence-electron chi connectivity index (χ2n) is 6.61. The summed E-state index contributed by atoms with van der Waals surface area (Å²) in [7, 11) is -6.35. The number of likely N-dealkylation sites (N-methyl/N-ethyl adjacent to an activating group) is 1. The number of nitrogens with two attached hydrogens (primary N) is 1. The van der Waals surface area contributed by atoms with E-state index in [-0.39, 0.29) is 9.79 Å². The summed E-state index contributed by atoms with van der Waals surface area (Å²) in [4.78, 5) is 12.3. The van der Waals surface area contributed by atoms with E-state index in [1.54, 1.807) is 26.0 Å². The highest BCUT2D eigenvalue weighted by atomic mass is 32.2. The lowest BCUT2D eigenvalue weighted by Crippen LogP contribution is -2.35. The lowest BCUT2D eigenvalue weighted by Gasteiger charge is -2.20. The molecule has 3 N–H and O–H groups in total. The van der Waals surface area contributed by atoms with Crippen molar-refractivity contribution in [3.05, 3.63) is 53.1 Å². The third kappa shape index (κ3) is 4.96. The van der Waals surface area contributed by atoms with E-state index < -0.39 is 32.5 Å². The van der Waals surface area contributed by atoms with Gasteiger partial charge in [0.15, 0.2) is 0 Å². The fourth-order valence-corrected chi connectivity index (χ4v) is 4.99. The van der Waals surface area contributed by atoms with Gasteiger partial charge in [-0.25, -0.2) is 22.0 Å². The molecule has 0 aliphatic carbocycles. The SMILES string of the molecule is Cc1cc(C)c(S(=O)(=O)N(C)CC(=O)Nc2ccc(S(N)(=O)=O)cc2)c(C)c1. The smallest absolute Gasteiger partial charge is 0.243 e. The Labute approximate surface area is 165 Å². The maximum atomic E-state index is 12.9. The molecule has 10 heteroatoms. The number of carbonyl (C=O) groups excluding carboxylic acids is 1. The number of amides is 1. The number of sulfonamides is 2. The van der Waals surface area contributed by atoms with Gasteiger partial charge in [-0.05, 0) is 56.2 Å². The van der Waals surface area contributed by atoms with E-state index in [1.165, 1.54) is 31.3 Å². The minimum absolute atomic E-state index is 0.0875. The predicted molar refractivity (Wildman–Crippen MR) is 107 cm³/mol. The summed E-state index contributed by atoms with van der Waals surface area (Å²) in [6.07, 6.45) is 0. The maximum absolute atomic E-state index is 12.9. The molecule has 152 valence electrons. The molecular weight excluding hydrogens is 402 g/mol. The Morgan fingerprint density at radius 1 is 1.00 bits per heavy atom. The first kappa shape index (κ1) is 22.0. The van der Waals surface area contributed by atoms with Gasteiger partial charge in [0.1, 0.15) is 0 Å². The van der Waals surface area contributed by atoms with E-state index in [4.69, 9.17) is 5.14 Å². The maximum Gasteiger partial charge on any atom is 0.243 e. The van der Waals surface area contributed by atoms with E-state index >= 15 is 0 Å². The molecule has 0 aliphatic rings. The molecule has 0 heterocycles. The fourth-order valence-electron chi connectivity index (χ4n) is 2.95. The van der Waals surface area contributed by atoms with Crippen molar-refractivity contribution in [2.45, 2.75) is 30.6 Å². The Kier molecular flexibility index (Phi) is 6.29. The van der Waals surface area contributed by atoms with Crippen molar-refractivity contribution >= 4 is 31.6 Å². The van der Waals surface area contributed by atoms with Gasteiger partial charge in [-0.3, -0.25) is 4.79 Å². The van der Waals surface area contributed by atoms with Gasteiger partial charge in [0.05, 0.1) is 16.3 Å². The van der Waals surface area contributed by atoms with Gasteiger partial charge in [-0.15, -0.1) is 0 Å². The van der Waals surface area contributed by atoms with Crippen LogP contribution in [0.4, 0.5) is 5.69 Å². The van der Waals surface area contributed by atoms with Crippen LogP contribution in [-0.4, -0.2) is 40.6 Å². The molecule has 0 aromatic heterocycles. The van der Waals surface area contributed by atoms with Crippen LogP contribution in [0.5, 0.6) is 0 Å². The van der Waals surface area contributed by atoms with Gasteiger partial charge < -0.3 is 5.32 Å². The number of nitrogens with zero attached hydrogens (tertiary/aromatic N) is 1. The van der Waals surface area contributed by atoms with Crippen molar-refractivity contribution in [2.24, 2.45) is 5.14 Å². The number of hydrogen-bond donors (Lipinski definition) is 2. The molecule has 0 spiro atoms. The number of anilines is 1. The molecule has 2 rings (SSSR count). The molecule has 2 aromatic carbocycles. The molecular formula is C18H23N3O5S2. The second-order valence-corrected chi connectivity index (χ2v) is 10.1. The summed E-state index contributed by atoms with van der Waals surface area (Å²) < 4.78 is 49.3. The molecule has 2 aromatic rings. The first-order valence-corrected chi connectivity index (χ1v) is 11.3. The molecule has 0 unspecified atom stereocenters. The minimum atomic E-state index is -3.85. The lowest BCUT2D eigenvalue weighted by molar-refractivity contribution is -0.116. The molecule has 0 bridgehead atoms. The van der Waals surface area contributed by atoms with E-state index in [1.807, 2.05) is 6.92 Å². The molecule has 28 heavy (non-hydrogen) atoms. The van der Waals surface area contributed by atoms with E-state index in [0.29, 0.717) is 16.8 Å². The van der Waals surface area contributed by atoms with Crippen LogP contribution in [0.3, 0.4) is 0 Å². The Morgan fingerprint density at radius 3 is 1.96 bits per heavy atom. The van der Waals surface area contributed by atoms with Gasteiger partial charge in [-0.2, -0.15) is 4.31 Å². The summed E-state index contributed by atoms with van der Waals surface area (Å²) in [5.41, 5.74) is 2.51. The molecule has 8 nitrogen and oxygen atoms in total. The summed E-state index contributed by atoms with van der Waals surface area (Å²) in [5.74, 6) is -0.558. The molecule has 0 saturated heterocycles. The van der Waals surface area contributed by atoms with Gasteiger partial charge in [0, 0.05) is 12.7 Å². The summed E-state index contributed by atoms with van der Waals surface area (Å²) in [6, 6.07) is 8.82. The van der Waals surface area contributed by atoms with Crippen LogP contribution in [0.25, 0.3) is 0 Å². The first-order chi connectivity index (χ1) is 12.8. The van der Waals surface area contributed by atoms with Crippen molar-refractivity contribution in [2.75, 3.05) is 18.9 Å². The Bertz CT molecular complexity index is 1090. The normalized spacial score (nSPS) is 12.2. The van der Waals surface area contributed by atoms with Crippen molar-refractivity contribution in [1.29, 1.82) is 0 Å². The molecule has 0 atom stereocenters. The van der Waals surface area contributed by atoms with Crippen molar-refractivity contribution in [3.8, 4) is 0 Å². The Hall–Kier alpha value is -2.27.